The quantitative estimate of drug-likeness (QED) is 0.591. The van der Waals surface area contributed by atoms with E-state index < -0.39 is 16.4 Å². The number of halogens is 2. The molecule has 4 nitrogen and oxygen atoms in total. The minimum atomic E-state index is -0.868. The van der Waals surface area contributed by atoms with Crippen LogP contribution in [0.2, 0.25) is 0 Å². The molecule has 6 heteroatoms. The Morgan fingerprint density at radius 2 is 2.27 bits per heavy atom. The molecule has 0 saturated carbocycles. The van der Waals surface area contributed by atoms with E-state index in [4.69, 9.17) is 0 Å². The van der Waals surface area contributed by atoms with Crippen molar-refractivity contribution in [3.8, 4) is 0 Å². The van der Waals surface area contributed by atoms with Crippen LogP contribution in [-0.4, -0.2) is 9.91 Å². The van der Waals surface area contributed by atoms with Crippen LogP contribution in [0.3, 0.4) is 0 Å². The van der Waals surface area contributed by atoms with Gasteiger partial charge in [0.15, 0.2) is 0 Å². The molecular formula is C9H4BrFN2O2. The van der Waals surface area contributed by atoms with Gasteiger partial charge in [-0.15, -0.1) is 0 Å². The van der Waals surface area contributed by atoms with Gasteiger partial charge in [-0.05, 0) is 28.1 Å². The fraction of sp³-hybridized carbons (Fsp3) is 0. The maximum Gasteiger partial charge on any atom is 0.319 e. The number of pyridine rings is 1. The van der Waals surface area contributed by atoms with Crippen LogP contribution >= 0.6 is 15.9 Å². The molecule has 1 aromatic carbocycles. The molecule has 0 aliphatic rings. The Balaban J connectivity index is 2.90. The number of nitro groups is 1. The molecule has 0 saturated heterocycles. The Labute approximate surface area is 92.0 Å². The molecule has 0 fully saturated rings. The van der Waals surface area contributed by atoms with E-state index >= 15 is 0 Å². The van der Waals surface area contributed by atoms with Gasteiger partial charge in [0.05, 0.1) is 4.92 Å². The Hall–Kier alpha value is -1.56. The van der Waals surface area contributed by atoms with Gasteiger partial charge in [-0.3, -0.25) is 15.1 Å². The van der Waals surface area contributed by atoms with Crippen molar-refractivity contribution in [1.29, 1.82) is 0 Å². The van der Waals surface area contributed by atoms with Crippen LogP contribution in [0.5, 0.6) is 0 Å². The fourth-order valence-corrected chi connectivity index (χ4v) is 2.02. The van der Waals surface area contributed by atoms with E-state index in [0.717, 1.165) is 6.07 Å². The lowest BCUT2D eigenvalue weighted by atomic mass is 10.1. The van der Waals surface area contributed by atoms with Crippen molar-refractivity contribution in [1.82, 2.24) is 4.98 Å². The van der Waals surface area contributed by atoms with Gasteiger partial charge in [-0.1, -0.05) is 0 Å². The lowest BCUT2D eigenvalue weighted by Crippen LogP contribution is -1.94. The molecule has 1 aromatic heterocycles. The molecule has 0 atom stereocenters. The molecule has 0 aliphatic heterocycles. The van der Waals surface area contributed by atoms with E-state index in [1.807, 2.05) is 0 Å². The maximum atomic E-state index is 13.3. The first kappa shape index (κ1) is 9.97. The number of rotatable bonds is 1. The summed E-state index contributed by atoms with van der Waals surface area (Å²) in [7, 11) is 0. The highest BCUT2D eigenvalue weighted by Crippen LogP contribution is 2.34. The Morgan fingerprint density at radius 1 is 1.53 bits per heavy atom. The molecule has 2 aromatic rings. The molecule has 15 heavy (non-hydrogen) atoms. The molecule has 0 unspecified atom stereocenters. The molecular weight excluding hydrogens is 267 g/mol. The maximum absolute atomic E-state index is 13.3. The van der Waals surface area contributed by atoms with Gasteiger partial charge in [0, 0.05) is 23.2 Å². The topological polar surface area (TPSA) is 56.0 Å². The predicted octanol–water partition coefficient (Wildman–Crippen LogP) is 3.04. The summed E-state index contributed by atoms with van der Waals surface area (Å²) in [5.74, 6) is -0.868. The zero-order chi connectivity index (χ0) is 11.0. The zero-order valence-electron chi connectivity index (χ0n) is 7.28. The van der Waals surface area contributed by atoms with Crippen LogP contribution in [0.4, 0.5) is 10.1 Å². The monoisotopic (exact) mass is 270 g/mol. The lowest BCUT2D eigenvalue weighted by molar-refractivity contribution is -0.388. The number of nitro benzene ring substituents is 1. The molecule has 0 bridgehead atoms. The number of fused-ring (bicyclic) bond motifs is 1. The highest BCUT2D eigenvalue weighted by atomic mass is 79.9. The van der Waals surface area contributed by atoms with Gasteiger partial charge in [0.25, 0.3) is 0 Å². The van der Waals surface area contributed by atoms with Crippen LogP contribution in [0.25, 0.3) is 10.8 Å². The van der Waals surface area contributed by atoms with E-state index in [9.17, 15) is 14.5 Å². The molecule has 0 spiro atoms. The smallest absolute Gasteiger partial charge is 0.264 e. The lowest BCUT2D eigenvalue weighted by Gasteiger charge is -2.02. The van der Waals surface area contributed by atoms with Crippen molar-refractivity contribution >= 4 is 32.4 Å². The molecule has 0 aliphatic carbocycles. The van der Waals surface area contributed by atoms with Crippen LogP contribution in [0.15, 0.2) is 29.0 Å². The number of aromatic nitrogens is 1. The summed E-state index contributed by atoms with van der Waals surface area (Å²) in [5, 5.41) is 11.7. The van der Waals surface area contributed by atoms with Crippen molar-refractivity contribution in [2.45, 2.75) is 0 Å². The molecule has 0 radical (unpaired) electrons. The molecule has 76 valence electrons. The molecule has 0 N–H and O–H groups in total. The second-order valence-electron chi connectivity index (χ2n) is 2.87. The summed E-state index contributed by atoms with van der Waals surface area (Å²) in [6.45, 7) is 0. The third-order valence-electron chi connectivity index (χ3n) is 1.99. The van der Waals surface area contributed by atoms with E-state index in [1.54, 1.807) is 6.07 Å². The summed E-state index contributed by atoms with van der Waals surface area (Å²) in [4.78, 5) is 13.7. The van der Waals surface area contributed by atoms with Gasteiger partial charge in [-0.25, -0.2) is 0 Å². The predicted molar refractivity (Wildman–Crippen MR) is 56.1 cm³/mol. The van der Waals surface area contributed by atoms with Crippen LogP contribution in [0.1, 0.15) is 0 Å². The minimum Gasteiger partial charge on any atom is -0.264 e. The average Bonchev–Trinajstić information content (AvgIpc) is 2.17. The average molecular weight is 271 g/mol. The first-order valence-corrected chi connectivity index (χ1v) is 4.76. The minimum absolute atomic E-state index is 0.143. The Kier molecular flexibility index (Phi) is 2.36. The van der Waals surface area contributed by atoms with Crippen LogP contribution < -0.4 is 0 Å². The van der Waals surface area contributed by atoms with Crippen molar-refractivity contribution in [3.05, 3.63) is 44.9 Å². The van der Waals surface area contributed by atoms with E-state index in [0.29, 0.717) is 10.8 Å². The third kappa shape index (κ3) is 1.56. The van der Waals surface area contributed by atoms with Crippen LogP contribution in [0, 0.1) is 15.9 Å². The highest BCUT2D eigenvalue weighted by molar-refractivity contribution is 9.10. The van der Waals surface area contributed by atoms with Crippen molar-refractivity contribution in [2.24, 2.45) is 0 Å². The Morgan fingerprint density at radius 3 is 2.93 bits per heavy atom. The summed E-state index contributed by atoms with van der Waals surface area (Å²) >= 11 is 3.02. The highest BCUT2D eigenvalue weighted by Gasteiger charge is 2.21. The third-order valence-corrected chi connectivity index (χ3v) is 2.79. The largest absolute Gasteiger partial charge is 0.319 e. The van der Waals surface area contributed by atoms with Crippen molar-refractivity contribution < 1.29 is 9.31 Å². The fourth-order valence-electron chi connectivity index (χ4n) is 1.33. The van der Waals surface area contributed by atoms with Gasteiger partial charge >= 0.3 is 5.69 Å². The molecule has 2 rings (SSSR count). The first-order valence-electron chi connectivity index (χ1n) is 3.97. The normalized spacial score (nSPS) is 10.5. The Bertz CT molecular complexity index is 559. The van der Waals surface area contributed by atoms with Crippen molar-refractivity contribution in [3.63, 3.8) is 0 Å². The van der Waals surface area contributed by atoms with Gasteiger partial charge in [-0.2, -0.15) is 4.39 Å². The SMILES string of the molecule is O=[N+]([O-])c1c(F)cc2cnccc2c1Br. The standard InChI is InChI=1S/C9H4BrFN2O2/c10-8-6-1-2-12-4-5(6)3-7(11)9(8)13(14)15/h1-4H. The first-order chi connectivity index (χ1) is 7.11. The summed E-state index contributed by atoms with van der Waals surface area (Å²) in [6.07, 6.45) is 2.95. The summed E-state index contributed by atoms with van der Waals surface area (Å²) in [5.41, 5.74) is -0.547. The van der Waals surface area contributed by atoms with Gasteiger partial charge < -0.3 is 0 Å². The van der Waals surface area contributed by atoms with Gasteiger partial charge in [0.1, 0.15) is 4.47 Å². The second kappa shape index (κ2) is 3.54. The number of nitrogens with zero attached hydrogens (tertiary/aromatic N) is 2. The number of hydrogen-bond acceptors (Lipinski definition) is 3. The van der Waals surface area contributed by atoms with E-state index in [2.05, 4.69) is 20.9 Å². The summed E-state index contributed by atoms with van der Waals surface area (Å²) in [6, 6.07) is 2.69. The molecule has 0 amide bonds. The number of hydrogen-bond donors (Lipinski definition) is 0. The zero-order valence-corrected chi connectivity index (χ0v) is 8.86. The summed E-state index contributed by atoms with van der Waals surface area (Å²) < 4.78 is 13.5. The van der Waals surface area contributed by atoms with E-state index in [-0.39, 0.29) is 4.47 Å². The molecule has 1 heterocycles. The van der Waals surface area contributed by atoms with Crippen LogP contribution in [-0.2, 0) is 0 Å². The number of benzene rings is 1. The van der Waals surface area contributed by atoms with E-state index in [1.165, 1.54) is 12.4 Å². The second-order valence-corrected chi connectivity index (χ2v) is 3.67. The van der Waals surface area contributed by atoms with Crippen molar-refractivity contribution in [2.75, 3.05) is 0 Å². The van der Waals surface area contributed by atoms with Gasteiger partial charge in [0.2, 0.25) is 5.82 Å².